The molecule has 3 fully saturated rings. The Hall–Kier alpha value is -2.79. The van der Waals surface area contributed by atoms with Crippen LogP contribution in [0.5, 0.6) is 5.75 Å². The van der Waals surface area contributed by atoms with Crippen LogP contribution in [0.4, 0.5) is 5.69 Å². The normalized spacial score (nSPS) is 21.7. The molecule has 7 nitrogen and oxygen atoms in total. The van der Waals surface area contributed by atoms with E-state index in [9.17, 15) is 9.90 Å². The number of halogens is 1. The summed E-state index contributed by atoms with van der Waals surface area (Å²) in [6.07, 6.45) is 4.49. The number of ether oxygens (including phenoxy) is 1. The minimum atomic E-state index is -0.877. The summed E-state index contributed by atoms with van der Waals surface area (Å²) in [5.74, 6) is 0.449. The van der Waals surface area contributed by atoms with Crippen molar-refractivity contribution in [2.24, 2.45) is 5.92 Å². The fourth-order valence-corrected chi connectivity index (χ4v) is 5.35. The van der Waals surface area contributed by atoms with Crippen molar-refractivity contribution in [3.8, 4) is 11.8 Å². The van der Waals surface area contributed by atoms with E-state index in [-0.39, 0.29) is 17.9 Å². The third-order valence-electron chi connectivity index (χ3n) is 7.40. The summed E-state index contributed by atoms with van der Waals surface area (Å²) in [5.41, 5.74) is 2.32. The van der Waals surface area contributed by atoms with Gasteiger partial charge in [-0.25, -0.2) is 0 Å². The summed E-state index contributed by atoms with van der Waals surface area (Å²) >= 11 is 6.47. The van der Waals surface area contributed by atoms with Gasteiger partial charge in [0.1, 0.15) is 11.9 Å². The monoisotopic (exact) mass is 508 g/mol. The van der Waals surface area contributed by atoms with Gasteiger partial charge < -0.3 is 25.0 Å². The molecule has 3 aliphatic rings. The van der Waals surface area contributed by atoms with E-state index in [4.69, 9.17) is 21.6 Å². The van der Waals surface area contributed by atoms with E-state index in [1.165, 1.54) is 0 Å². The Morgan fingerprint density at radius 2 is 1.89 bits per heavy atom. The SMILES string of the molecule is N#Cc1ccc(N2CCC(C(=O)NC(CN3CCCC3)C(O)c3ccc(OC4CC4)c(Cl)c3)C2)cc1. The number of benzene rings is 2. The third kappa shape index (κ3) is 5.95. The average Bonchev–Trinajstić information content (AvgIpc) is 3.33. The molecule has 0 bridgehead atoms. The number of carbonyl (C=O) groups excluding carboxylic acids is 1. The second-order valence-electron chi connectivity index (χ2n) is 10.2. The zero-order chi connectivity index (χ0) is 25.1. The Balaban J connectivity index is 1.25. The zero-order valence-corrected chi connectivity index (χ0v) is 21.2. The minimum Gasteiger partial charge on any atom is -0.489 e. The van der Waals surface area contributed by atoms with Crippen molar-refractivity contribution >= 4 is 23.2 Å². The molecular formula is C28H33ClN4O3. The molecule has 2 N–H and O–H groups in total. The van der Waals surface area contributed by atoms with E-state index >= 15 is 0 Å². The number of hydrogen-bond acceptors (Lipinski definition) is 6. The van der Waals surface area contributed by atoms with Gasteiger partial charge in [-0.05, 0) is 87.2 Å². The van der Waals surface area contributed by atoms with Gasteiger partial charge in [0.05, 0.1) is 34.7 Å². The van der Waals surface area contributed by atoms with Gasteiger partial charge in [0, 0.05) is 25.3 Å². The average molecular weight is 509 g/mol. The number of likely N-dealkylation sites (tertiary alicyclic amines) is 1. The zero-order valence-electron chi connectivity index (χ0n) is 20.4. The number of nitrogens with one attached hydrogen (secondary N) is 1. The highest BCUT2D eigenvalue weighted by atomic mass is 35.5. The van der Waals surface area contributed by atoms with Crippen LogP contribution in [-0.2, 0) is 4.79 Å². The molecule has 0 spiro atoms. The van der Waals surface area contributed by atoms with Crippen LogP contribution in [0.15, 0.2) is 42.5 Å². The van der Waals surface area contributed by atoms with Gasteiger partial charge in [-0.1, -0.05) is 17.7 Å². The lowest BCUT2D eigenvalue weighted by Crippen LogP contribution is -2.48. The van der Waals surface area contributed by atoms with Crippen molar-refractivity contribution in [2.75, 3.05) is 37.6 Å². The molecule has 2 aromatic rings. The second-order valence-corrected chi connectivity index (χ2v) is 10.6. The van der Waals surface area contributed by atoms with Crippen LogP contribution in [0.1, 0.15) is 49.3 Å². The first kappa shape index (κ1) is 24.9. The van der Waals surface area contributed by atoms with Crippen molar-refractivity contribution in [3.05, 3.63) is 58.6 Å². The van der Waals surface area contributed by atoms with Gasteiger partial charge >= 0.3 is 0 Å². The Labute approximate surface area is 217 Å². The number of amides is 1. The van der Waals surface area contributed by atoms with Crippen molar-refractivity contribution in [3.63, 3.8) is 0 Å². The van der Waals surface area contributed by atoms with E-state index in [0.29, 0.717) is 35.0 Å². The number of nitriles is 1. The van der Waals surface area contributed by atoms with Gasteiger partial charge in [0.2, 0.25) is 5.91 Å². The lowest BCUT2D eigenvalue weighted by molar-refractivity contribution is -0.126. The molecule has 1 aliphatic carbocycles. The van der Waals surface area contributed by atoms with E-state index in [2.05, 4.69) is 21.2 Å². The Morgan fingerprint density at radius 1 is 1.14 bits per heavy atom. The number of nitrogens with zero attached hydrogens (tertiary/aromatic N) is 3. The van der Waals surface area contributed by atoms with Gasteiger partial charge in [-0.3, -0.25) is 4.79 Å². The molecule has 36 heavy (non-hydrogen) atoms. The fraction of sp³-hybridized carbons (Fsp3) is 0.500. The molecule has 2 heterocycles. The molecule has 1 saturated carbocycles. The lowest BCUT2D eigenvalue weighted by atomic mass is 10.00. The summed E-state index contributed by atoms with van der Waals surface area (Å²) < 4.78 is 5.84. The highest BCUT2D eigenvalue weighted by Gasteiger charge is 2.33. The van der Waals surface area contributed by atoms with Crippen LogP contribution in [0.2, 0.25) is 5.02 Å². The highest BCUT2D eigenvalue weighted by molar-refractivity contribution is 6.32. The first-order valence-electron chi connectivity index (χ1n) is 12.9. The van der Waals surface area contributed by atoms with Crippen LogP contribution in [-0.4, -0.2) is 60.8 Å². The third-order valence-corrected chi connectivity index (χ3v) is 7.69. The van der Waals surface area contributed by atoms with Crippen molar-refractivity contribution in [1.29, 1.82) is 5.26 Å². The molecular weight excluding hydrogens is 476 g/mol. The molecule has 5 rings (SSSR count). The molecule has 2 aliphatic heterocycles. The number of aliphatic hydroxyl groups excluding tert-OH is 1. The first-order chi connectivity index (χ1) is 17.5. The first-order valence-corrected chi connectivity index (χ1v) is 13.3. The predicted octanol–water partition coefficient (Wildman–Crippen LogP) is 3.89. The molecule has 0 radical (unpaired) electrons. The van der Waals surface area contributed by atoms with Gasteiger partial charge in [-0.2, -0.15) is 5.26 Å². The number of hydrogen-bond donors (Lipinski definition) is 2. The molecule has 3 unspecified atom stereocenters. The number of rotatable bonds is 9. The maximum atomic E-state index is 13.3. The van der Waals surface area contributed by atoms with Crippen molar-refractivity contribution < 1.29 is 14.6 Å². The van der Waals surface area contributed by atoms with Crippen LogP contribution >= 0.6 is 11.6 Å². The smallest absolute Gasteiger partial charge is 0.225 e. The van der Waals surface area contributed by atoms with E-state index in [1.54, 1.807) is 18.2 Å². The van der Waals surface area contributed by atoms with Gasteiger partial charge in [0.15, 0.2) is 0 Å². The molecule has 2 saturated heterocycles. The Morgan fingerprint density at radius 3 is 2.56 bits per heavy atom. The quantitative estimate of drug-likeness (QED) is 0.534. The van der Waals surface area contributed by atoms with Gasteiger partial charge in [0.25, 0.3) is 0 Å². The minimum absolute atomic E-state index is 0.0332. The van der Waals surface area contributed by atoms with E-state index in [0.717, 1.165) is 57.4 Å². The largest absolute Gasteiger partial charge is 0.489 e. The summed E-state index contributed by atoms with van der Waals surface area (Å²) in [6.45, 7) is 3.94. The molecule has 1 amide bonds. The van der Waals surface area contributed by atoms with E-state index in [1.807, 2.05) is 24.3 Å². The maximum Gasteiger partial charge on any atom is 0.225 e. The molecule has 2 aromatic carbocycles. The lowest BCUT2D eigenvalue weighted by Gasteiger charge is -2.30. The van der Waals surface area contributed by atoms with Crippen LogP contribution in [0.3, 0.4) is 0 Å². The van der Waals surface area contributed by atoms with Crippen LogP contribution in [0, 0.1) is 17.2 Å². The fourth-order valence-electron chi connectivity index (χ4n) is 5.12. The summed E-state index contributed by atoms with van der Waals surface area (Å²) in [5, 5.41) is 24.0. The van der Waals surface area contributed by atoms with Crippen molar-refractivity contribution in [1.82, 2.24) is 10.2 Å². The van der Waals surface area contributed by atoms with Crippen molar-refractivity contribution in [2.45, 2.75) is 50.4 Å². The number of aliphatic hydroxyl groups is 1. The topological polar surface area (TPSA) is 88.8 Å². The van der Waals surface area contributed by atoms with Crippen LogP contribution < -0.4 is 15.0 Å². The summed E-state index contributed by atoms with van der Waals surface area (Å²) in [6, 6.07) is 14.6. The van der Waals surface area contributed by atoms with Gasteiger partial charge in [-0.15, -0.1) is 0 Å². The predicted molar refractivity (Wildman–Crippen MR) is 139 cm³/mol. The number of anilines is 1. The Kier molecular flexibility index (Phi) is 7.66. The highest BCUT2D eigenvalue weighted by Crippen LogP contribution is 2.34. The molecule has 8 heteroatoms. The summed E-state index contributed by atoms with van der Waals surface area (Å²) in [4.78, 5) is 17.8. The summed E-state index contributed by atoms with van der Waals surface area (Å²) in [7, 11) is 0. The number of carbonyl (C=O) groups is 1. The standard InChI is InChI=1S/C28H33ClN4O3/c29-24-15-20(5-10-26(24)36-23-8-9-23)27(34)25(18-32-12-1-2-13-32)31-28(35)21-11-14-33(17-21)22-6-3-19(16-30)4-7-22/h3-7,10,15,21,23,25,27,34H,1-2,8-9,11-14,17-18H2,(H,31,35). The molecule has 0 aromatic heterocycles. The maximum absolute atomic E-state index is 13.3. The molecule has 190 valence electrons. The van der Waals surface area contributed by atoms with Crippen LogP contribution in [0.25, 0.3) is 0 Å². The Bertz CT molecular complexity index is 1110. The van der Waals surface area contributed by atoms with E-state index < -0.39 is 12.1 Å². The second kappa shape index (κ2) is 11.1. The molecule has 3 atom stereocenters.